The predicted molar refractivity (Wildman–Crippen MR) is 125 cm³/mol. The molecule has 0 saturated carbocycles. The molecule has 1 aromatic carbocycles. The third-order valence-corrected chi connectivity index (χ3v) is 5.94. The van der Waals surface area contributed by atoms with Gasteiger partial charge in [-0.1, -0.05) is 30.3 Å². The Balaban J connectivity index is 1.54. The monoisotopic (exact) mass is 441 g/mol. The molecular weight excluding hydrogens is 406 g/mol. The summed E-state index contributed by atoms with van der Waals surface area (Å²) in [7, 11) is 0. The normalized spacial score (nSPS) is 20.8. The largest absolute Gasteiger partial charge is 0.444 e. The van der Waals surface area contributed by atoms with E-state index in [1.807, 2.05) is 43.7 Å². The molecule has 1 amide bonds. The lowest BCUT2D eigenvalue weighted by Crippen LogP contribution is -2.50. The van der Waals surface area contributed by atoms with Gasteiger partial charge in [0.15, 0.2) is 0 Å². The van der Waals surface area contributed by atoms with Gasteiger partial charge in [-0.2, -0.15) is 5.10 Å². The molecule has 8 nitrogen and oxygen atoms in total. The van der Waals surface area contributed by atoms with Crippen LogP contribution in [0.3, 0.4) is 0 Å². The number of amides is 1. The number of carbonyl (C=O) groups is 1. The first-order valence-electron chi connectivity index (χ1n) is 11.5. The minimum absolute atomic E-state index is 0.0872. The maximum absolute atomic E-state index is 12.5. The fourth-order valence-electron chi connectivity index (χ4n) is 4.15. The quantitative estimate of drug-likeness (QED) is 0.786. The molecular formula is C24H35N5O3. The second-order valence-corrected chi connectivity index (χ2v) is 9.52. The second kappa shape index (κ2) is 9.50. The molecule has 0 radical (unpaired) electrons. The number of ether oxygens (including phenoxy) is 2. The van der Waals surface area contributed by atoms with Gasteiger partial charge in [0.2, 0.25) is 0 Å². The second-order valence-electron chi connectivity index (χ2n) is 9.52. The standard InChI is InChI=1S/C24H35N5O3/c1-18(21-16-25-10-15-31-21)29-17-20(22(26-29)19-8-6-5-7-9-19)27-11-13-28(14-12-27)23(30)32-24(2,3)4/h5-9,17-18,21,25H,10-16H2,1-4H3. The lowest BCUT2D eigenvalue weighted by Gasteiger charge is -2.36. The van der Waals surface area contributed by atoms with E-state index >= 15 is 0 Å². The molecule has 4 rings (SSSR count). The van der Waals surface area contributed by atoms with Gasteiger partial charge in [-0.05, 0) is 27.7 Å². The third-order valence-electron chi connectivity index (χ3n) is 5.94. The number of morpholine rings is 1. The van der Waals surface area contributed by atoms with Gasteiger partial charge in [0.25, 0.3) is 0 Å². The van der Waals surface area contributed by atoms with E-state index in [9.17, 15) is 4.79 Å². The van der Waals surface area contributed by atoms with Crippen LogP contribution in [-0.2, 0) is 9.47 Å². The molecule has 1 N–H and O–H groups in total. The average molecular weight is 442 g/mol. The highest BCUT2D eigenvalue weighted by Gasteiger charge is 2.29. The Morgan fingerprint density at radius 2 is 1.91 bits per heavy atom. The van der Waals surface area contributed by atoms with Gasteiger partial charge in [0.1, 0.15) is 11.3 Å². The maximum Gasteiger partial charge on any atom is 0.410 e. The fourth-order valence-corrected chi connectivity index (χ4v) is 4.15. The Morgan fingerprint density at radius 3 is 2.53 bits per heavy atom. The molecule has 32 heavy (non-hydrogen) atoms. The third kappa shape index (κ3) is 5.24. The van der Waals surface area contributed by atoms with Crippen LogP contribution in [0.1, 0.15) is 33.7 Å². The Hall–Kier alpha value is -2.58. The summed E-state index contributed by atoms with van der Waals surface area (Å²) >= 11 is 0. The van der Waals surface area contributed by atoms with Crippen LogP contribution in [0, 0.1) is 0 Å². The lowest BCUT2D eigenvalue weighted by atomic mass is 10.1. The molecule has 0 aliphatic carbocycles. The van der Waals surface area contributed by atoms with E-state index in [1.54, 1.807) is 4.90 Å². The highest BCUT2D eigenvalue weighted by molar-refractivity contribution is 5.75. The number of piperazine rings is 1. The molecule has 2 aromatic rings. The van der Waals surface area contributed by atoms with E-state index in [0.717, 1.165) is 49.7 Å². The van der Waals surface area contributed by atoms with Crippen LogP contribution < -0.4 is 10.2 Å². The Morgan fingerprint density at radius 1 is 1.19 bits per heavy atom. The first-order valence-corrected chi connectivity index (χ1v) is 11.5. The van der Waals surface area contributed by atoms with Gasteiger partial charge in [-0.15, -0.1) is 0 Å². The zero-order chi connectivity index (χ0) is 22.7. The fraction of sp³-hybridized carbons (Fsp3) is 0.583. The van der Waals surface area contributed by atoms with Crippen LogP contribution in [0.25, 0.3) is 11.3 Å². The SMILES string of the molecule is CC(C1CNCCO1)n1cc(N2CCN(C(=O)OC(C)(C)C)CC2)c(-c2ccccc2)n1. The summed E-state index contributed by atoms with van der Waals surface area (Å²) in [6, 6.07) is 10.4. The van der Waals surface area contributed by atoms with Crippen molar-refractivity contribution in [3.63, 3.8) is 0 Å². The van der Waals surface area contributed by atoms with Crippen molar-refractivity contribution in [2.45, 2.75) is 45.4 Å². The van der Waals surface area contributed by atoms with Gasteiger partial charge in [0.05, 0.1) is 24.4 Å². The number of hydrogen-bond acceptors (Lipinski definition) is 6. The highest BCUT2D eigenvalue weighted by atomic mass is 16.6. The van der Waals surface area contributed by atoms with Crippen molar-refractivity contribution >= 4 is 11.8 Å². The smallest absolute Gasteiger partial charge is 0.410 e. The predicted octanol–water partition coefficient (Wildman–Crippen LogP) is 3.16. The van der Waals surface area contributed by atoms with E-state index in [4.69, 9.17) is 14.6 Å². The van der Waals surface area contributed by atoms with Gasteiger partial charge >= 0.3 is 6.09 Å². The van der Waals surface area contributed by atoms with Crippen LogP contribution in [0.4, 0.5) is 10.5 Å². The Labute approximate surface area is 190 Å². The number of nitrogens with one attached hydrogen (secondary N) is 1. The minimum atomic E-state index is -0.484. The van der Waals surface area contributed by atoms with Crippen LogP contribution >= 0.6 is 0 Å². The van der Waals surface area contributed by atoms with Crippen LogP contribution in [0.15, 0.2) is 36.5 Å². The Kier molecular flexibility index (Phi) is 6.71. The highest BCUT2D eigenvalue weighted by Crippen LogP contribution is 2.32. The van der Waals surface area contributed by atoms with Gasteiger partial charge in [0, 0.05) is 51.0 Å². The van der Waals surface area contributed by atoms with Gasteiger partial charge in [-0.25, -0.2) is 4.79 Å². The van der Waals surface area contributed by atoms with Crippen molar-refractivity contribution < 1.29 is 14.3 Å². The van der Waals surface area contributed by atoms with Crippen LogP contribution in [0.2, 0.25) is 0 Å². The Bertz CT molecular complexity index is 894. The van der Waals surface area contributed by atoms with Crippen LogP contribution in [0.5, 0.6) is 0 Å². The van der Waals surface area contributed by atoms with E-state index in [-0.39, 0.29) is 18.2 Å². The molecule has 2 atom stereocenters. The zero-order valence-corrected chi connectivity index (χ0v) is 19.6. The van der Waals surface area contributed by atoms with Gasteiger partial charge < -0.3 is 24.6 Å². The zero-order valence-electron chi connectivity index (χ0n) is 19.6. The van der Waals surface area contributed by atoms with Crippen molar-refractivity contribution in [1.29, 1.82) is 0 Å². The lowest BCUT2D eigenvalue weighted by molar-refractivity contribution is -0.00314. The van der Waals surface area contributed by atoms with Gasteiger partial charge in [-0.3, -0.25) is 4.68 Å². The first kappa shape index (κ1) is 22.6. The van der Waals surface area contributed by atoms with E-state index in [0.29, 0.717) is 13.1 Å². The number of nitrogens with zero attached hydrogens (tertiary/aromatic N) is 4. The molecule has 3 heterocycles. The molecule has 1 aromatic heterocycles. The van der Waals surface area contributed by atoms with Crippen molar-refractivity contribution in [1.82, 2.24) is 20.0 Å². The summed E-state index contributed by atoms with van der Waals surface area (Å²) in [6.45, 7) is 13.0. The number of hydrogen-bond donors (Lipinski definition) is 1. The number of benzene rings is 1. The topological polar surface area (TPSA) is 71.9 Å². The van der Waals surface area contributed by atoms with Crippen molar-refractivity contribution in [3.8, 4) is 11.3 Å². The molecule has 2 aliphatic rings. The summed E-state index contributed by atoms with van der Waals surface area (Å²) in [5.41, 5.74) is 2.66. The summed E-state index contributed by atoms with van der Waals surface area (Å²) in [5.74, 6) is 0. The molecule has 0 bridgehead atoms. The van der Waals surface area contributed by atoms with E-state index < -0.39 is 5.60 Å². The molecule has 0 spiro atoms. The van der Waals surface area contributed by atoms with E-state index in [2.05, 4.69) is 35.5 Å². The molecule has 2 fully saturated rings. The van der Waals surface area contributed by atoms with Crippen molar-refractivity contribution in [2.75, 3.05) is 50.8 Å². The van der Waals surface area contributed by atoms with Crippen molar-refractivity contribution in [3.05, 3.63) is 36.5 Å². The average Bonchev–Trinajstić information content (AvgIpc) is 3.24. The molecule has 2 saturated heterocycles. The summed E-state index contributed by atoms with van der Waals surface area (Å²) < 4.78 is 13.6. The molecule has 2 unspecified atom stereocenters. The van der Waals surface area contributed by atoms with E-state index in [1.165, 1.54) is 0 Å². The number of anilines is 1. The minimum Gasteiger partial charge on any atom is -0.444 e. The molecule has 2 aliphatic heterocycles. The number of carbonyl (C=O) groups excluding carboxylic acids is 1. The first-order chi connectivity index (χ1) is 15.3. The summed E-state index contributed by atoms with van der Waals surface area (Å²) in [4.78, 5) is 16.6. The summed E-state index contributed by atoms with van der Waals surface area (Å²) in [6.07, 6.45) is 1.98. The maximum atomic E-state index is 12.5. The van der Waals surface area contributed by atoms with Crippen molar-refractivity contribution in [2.24, 2.45) is 0 Å². The molecule has 174 valence electrons. The molecule has 8 heteroatoms. The number of rotatable bonds is 4. The summed E-state index contributed by atoms with van der Waals surface area (Å²) in [5, 5.41) is 8.40. The number of aromatic nitrogens is 2. The van der Waals surface area contributed by atoms with Crippen LogP contribution in [-0.4, -0.2) is 78.4 Å².